The van der Waals surface area contributed by atoms with Gasteiger partial charge in [-0.15, -0.1) is 11.3 Å². The molecule has 2 aromatic heterocycles. The van der Waals surface area contributed by atoms with Gasteiger partial charge in [0.05, 0.1) is 19.6 Å². The van der Waals surface area contributed by atoms with Gasteiger partial charge in [0.15, 0.2) is 0 Å². The molecule has 3 N–H and O–H groups in total. The number of aromatic amines is 1. The number of likely N-dealkylation sites (N-methyl/N-ethyl adjacent to an activating group) is 2. The average Bonchev–Trinajstić information content (AvgIpc) is 3.18. The summed E-state index contributed by atoms with van der Waals surface area (Å²) in [7, 11) is 3.31. The first kappa shape index (κ1) is 20.4. The summed E-state index contributed by atoms with van der Waals surface area (Å²) in [4.78, 5) is 43.7. The molecule has 0 fully saturated rings. The quantitative estimate of drug-likeness (QED) is 0.608. The Morgan fingerprint density at radius 3 is 2.52 bits per heavy atom. The van der Waals surface area contributed by atoms with E-state index >= 15 is 0 Å². The Kier molecular flexibility index (Phi) is 6.18. The lowest BCUT2D eigenvalue weighted by Gasteiger charge is -2.24. The lowest BCUT2D eigenvalue weighted by atomic mass is 10.2. The molecule has 152 valence electrons. The molecule has 9 heteroatoms. The van der Waals surface area contributed by atoms with Crippen molar-refractivity contribution in [2.75, 3.05) is 31.3 Å². The minimum Gasteiger partial charge on any atom is -0.383 e. The third-order valence-electron chi connectivity index (χ3n) is 4.55. The minimum absolute atomic E-state index is 0.0267. The highest BCUT2D eigenvalue weighted by Gasteiger charge is 2.20. The zero-order valence-corrected chi connectivity index (χ0v) is 17.1. The van der Waals surface area contributed by atoms with Gasteiger partial charge in [0.1, 0.15) is 11.5 Å². The molecule has 1 amide bonds. The van der Waals surface area contributed by atoms with E-state index in [1.54, 1.807) is 30.3 Å². The fourth-order valence-electron chi connectivity index (χ4n) is 3.00. The van der Waals surface area contributed by atoms with Crippen LogP contribution in [0, 0.1) is 0 Å². The zero-order valence-electron chi connectivity index (χ0n) is 16.3. The van der Waals surface area contributed by atoms with E-state index in [0.717, 1.165) is 10.4 Å². The summed E-state index contributed by atoms with van der Waals surface area (Å²) in [6.45, 7) is 0.664. The number of nitrogen functional groups attached to an aromatic ring is 1. The van der Waals surface area contributed by atoms with E-state index in [1.807, 2.05) is 47.8 Å². The van der Waals surface area contributed by atoms with Crippen molar-refractivity contribution in [1.29, 1.82) is 0 Å². The standard InChI is InChI=1S/C20H23N5O3S/c1-23(12-15-9-6-10-29-15)16(26)13-24(2)17-18(21)25(20(28)22-19(17)27)11-14-7-4-3-5-8-14/h3-10H,11-13,21H2,1-2H3,(H,22,27,28). The van der Waals surface area contributed by atoms with Crippen LogP contribution in [0.2, 0.25) is 0 Å². The second-order valence-electron chi connectivity index (χ2n) is 6.75. The molecule has 0 atom stereocenters. The zero-order chi connectivity index (χ0) is 21.0. The molecule has 2 heterocycles. The van der Waals surface area contributed by atoms with Crippen LogP contribution in [-0.4, -0.2) is 41.0 Å². The van der Waals surface area contributed by atoms with Crippen LogP contribution in [-0.2, 0) is 17.9 Å². The lowest BCUT2D eigenvalue weighted by Crippen LogP contribution is -2.41. The largest absolute Gasteiger partial charge is 0.383 e. The molecule has 3 rings (SSSR count). The van der Waals surface area contributed by atoms with Crippen LogP contribution < -0.4 is 21.9 Å². The van der Waals surface area contributed by atoms with Gasteiger partial charge < -0.3 is 15.5 Å². The van der Waals surface area contributed by atoms with Gasteiger partial charge >= 0.3 is 5.69 Å². The third kappa shape index (κ3) is 4.75. The van der Waals surface area contributed by atoms with Crippen LogP contribution in [0.15, 0.2) is 57.4 Å². The monoisotopic (exact) mass is 413 g/mol. The first-order valence-corrected chi connectivity index (χ1v) is 9.88. The van der Waals surface area contributed by atoms with Crippen LogP contribution in [0.4, 0.5) is 11.5 Å². The number of anilines is 2. The average molecular weight is 414 g/mol. The summed E-state index contributed by atoms with van der Waals surface area (Å²) in [6, 6.07) is 13.2. The predicted molar refractivity (Wildman–Crippen MR) is 115 cm³/mol. The van der Waals surface area contributed by atoms with Gasteiger partial charge in [0, 0.05) is 19.0 Å². The topological polar surface area (TPSA) is 104 Å². The molecule has 0 radical (unpaired) electrons. The summed E-state index contributed by atoms with van der Waals surface area (Å²) < 4.78 is 1.29. The van der Waals surface area contributed by atoms with Gasteiger partial charge in [-0.05, 0) is 17.0 Å². The van der Waals surface area contributed by atoms with Crippen LogP contribution in [0.25, 0.3) is 0 Å². The smallest absolute Gasteiger partial charge is 0.330 e. The predicted octanol–water partition coefficient (Wildman–Crippen LogP) is 1.32. The number of aromatic nitrogens is 2. The second-order valence-corrected chi connectivity index (χ2v) is 7.78. The van der Waals surface area contributed by atoms with E-state index in [0.29, 0.717) is 6.54 Å². The Hall–Kier alpha value is -3.33. The number of rotatable bonds is 7. The molecule has 0 spiro atoms. The molecule has 1 aromatic carbocycles. The van der Waals surface area contributed by atoms with Gasteiger partial charge in [-0.1, -0.05) is 36.4 Å². The Labute approximate surface area is 171 Å². The molecule has 0 bridgehead atoms. The van der Waals surface area contributed by atoms with E-state index in [2.05, 4.69) is 4.98 Å². The molecule has 0 aliphatic heterocycles. The van der Waals surface area contributed by atoms with Crippen LogP contribution in [0.3, 0.4) is 0 Å². The molecule has 8 nitrogen and oxygen atoms in total. The number of amides is 1. The number of carbonyl (C=O) groups is 1. The number of H-pyrrole nitrogens is 1. The van der Waals surface area contributed by atoms with Crippen molar-refractivity contribution in [2.45, 2.75) is 13.1 Å². The van der Waals surface area contributed by atoms with Gasteiger partial charge in [0.2, 0.25) is 5.91 Å². The van der Waals surface area contributed by atoms with Crippen molar-refractivity contribution in [3.63, 3.8) is 0 Å². The Morgan fingerprint density at radius 2 is 1.86 bits per heavy atom. The number of hydrogen-bond acceptors (Lipinski definition) is 6. The fourth-order valence-corrected chi connectivity index (χ4v) is 3.75. The molecule has 0 aliphatic carbocycles. The van der Waals surface area contributed by atoms with Crippen LogP contribution in [0.1, 0.15) is 10.4 Å². The van der Waals surface area contributed by atoms with E-state index in [-0.39, 0.29) is 30.5 Å². The van der Waals surface area contributed by atoms with Crippen LogP contribution in [0.5, 0.6) is 0 Å². The van der Waals surface area contributed by atoms with E-state index in [1.165, 1.54) is 9.47 Å². The van der Waals surface area contributed by atoms with Crippen molar-refractivity contribution >= 4 is 28.7 Å². The van der Waals surface area contributed by atoms with E-state index < -0.39 is 11.2 Å². The summed E-state index contributed by atoms with van der Waals surface area (Å²) in [6.07, 6.45) is 0. The molecular weight excluding hydrogens is 390 g/mol. The molecule has 0 saturated heterocycles. The number of nitrogens with two attached hydrogens (primary N) is 1. The first-order valence-electron chi connectivity index (χ1n) is 9.01. The van der Waals surface area contributed by atoms with Crippen molar-refractivity contribution in [1.82, 2.24) is 14.5 Å². The van der Waals surface area contributed by atoms with Crippen LogP contribution >= 0.6 is 11.3 Å². The van der Waals surface area contributed by atoms with Gasteiger partial charge in [-0.25, -0.2) is 4.79 Å². The fraction of sp³-hybridized carbons (Fsp3) is 0.250. The summed E-state index contributed by atoms with van der Waals surface area (Å²) in [5.74, 6) is -0.140. The van der Waals surface area contributed by atoms with Crippen molar-refractivity contribution in [3.8, 4) is 0 Å². The molecule has 29 heavy (non-hydrogen) atoms. The molecule has 3 aromatic rings. The van der Waals surface area contributed by atoms with Crippen molar-refractivity contribution in [2.24, 2.45) is 0 Å². The number of hydrogen-bond donors (Lipinski definition) is 2. The summed E-state index contributed by atoms with van der Waals surface area (Å²) in [5.41, 5.74) is 5.93. The Bertz CT molecular complexity index is 1090. The van der Waals surface area contributed by atoms with Crippen molar-refractivity contribution in [3.05, 3.63) is 79.1 Å². The maximum absolute atomic E-state index is 12.6. The molecule has 0 saturated carbocycles. The minimum atomic E-state index is -0.618. The van der Waals surface area contributed by atoms with Crippen molar-refractivity contribution < 1.29 is 4.79 Å². The highest BCUT2D eigenvalue weighted by atomic mass is 32.1. The molecule has 0 unspecified atom stereocenters. The highest BCUT2D eigenvalue weighted by molar-refractivity contribution is 7.09. The third-order valence-corrected chi connectivity index (χ3v) is 5.41. The lowest BCUT2D eigenvalue weighted by molar-refractivity contribution is -0.128. The maximum atomic E-state index is 12.6. The number of benzene rings is 1. The van der Waals surface area contributed by atoms with Gasteiger partial charge in [0.25, 0.3) is 5.56 Å². The van der Waals surface area contributed by atoms with Gasteiger partial charge in [-0.3, -0.25) is 19.1 Å². The molecule has 0 aliphatic rings. The Morgan fingerprint density at radius 1 is 1.14 bits per heavy atom. The normalized spacial score (nSPS) is 10.7. The molecular formula is C20H23N5O3S. The highest BCUT2D eigenvalue weighted by Crippen LogP contribution is 2.17. The second kappa shape index (κ2) is 8.78. The Balaban J connectivity index is 1.81. The SMILES string of the molecule is CN(Cc1cccs1)C(=O)CN(C)c1c(N)n(Cc2ccccc2)c(=O)[nH]c1=O. The van der Waals surface area contributed by atoms with Gasteiger partial charge in [-0.2, -0.15) is 0 Å². The maximum Gasteiger partial charge on any atom is 0.330 e. The number of nitrogens with one attached hydrogen (secondary N) is 1. The number of carbonyl (C=O) groups excluding carboxylic acids is 1. The number of thiophene rings is 1. The van der Waals surface area contributed by atoms with E-state index in [4.69, 9.17) is 5.73 Å². The number of nitrogens with zero attached hydrogens (tertiary/aromatic N) is 3. The first-order chi connectivity index (χ1) is 13.9. The summed E-state index contributed by atoms with van der Waals surface area (Å²) >= 11 is 1.57. The summed E-state index contributed by atoms with van der Waals surface area (Å²) in [5, 5.41) is 1.95. The van der Waals surface area contributed by atoms with E-state index in [9.17, 15) is 14.4 Å².